The smallest absolute Gasteiger partial charge is 0.407 e. The first-order valence-electron chi connectivity index (χ1n) is 8.52. The molecular weight excluding hydrogens is 340 g/mol. The van der Waals surface area contributed by atoms with Gasteiger partial charge in [0.15, 0.2) is 5.78 Å². The van der Waals surface area contributed by atoms with Crippen LogP contribution in [-0.2, 0) is 10.2 Å². The summed E-state index contributed by atoms with van der Waals surface area (Å²) in [7, 11) is 3.74. The molecule has 1 aliphatic carbocycles. The summed E-state index contributed by atoms with van der Waals surface area (Å²) in [5.74, 6) is -0.0722. The van der Waals surface area contributed by atoms with E-state index >= 15 is 0 Å². The summed E-state index contributed by atoms with van der Waals surface area (Å²) < 4.78 is 0. The summed E-state index contributed by atoms with van der Waals surface area (Å²) in [6.07, 6.45) is 3.86. The maximum Gasteiger partial charge on any atom is 0.407 e. The maximum atomic E-state index is 13.2. The predicted octanol–water partition coefficient (Wildman–Crippen LogP) is 3.53. The molecule has 1 aromatic rings. The molecule has 0 radical (unpaired) electrons. The molecule has 1 atom stereocenters. The molecule has 1 saturated carbocycles. The van der Waals surface area contributed by atoms with Crippen LogP contribution in [0.1, 0.15) is 31.2 Å². The first kappa shape index (κ1) is 17.8. The number of carboxylic acid groups (broad SMARTS) is 1. The van der Waals surface area contributed by atoms with E-state index < -0.39 is 17.6 Å². The van der Waals surface area contributed by atoms with Crippen LogP contribution in [0.5, 0.6) is 0 Å². The van der Waals surface area contributed by atoms with Gasteiger partial charge in [-0.05, 0) is 37.0 Å². The van der Waals surface area contributed by atoms with Crippen LogP contribution in [0.3, 0.4) is 0 Å². The van der Waals surface area contributed by atoms with Gasteiger partial charge in [0.25, 0.3) is 0 Å². The van der Waals surface area contributed by atoms with Crippen LogP contribution in [0.2, 0.25) is 5.02 Å². The average molecular weight is 363 g/mol. The van der Waals surface area contributed by atoms with E-state index in [1.807, 2.05) is 49.5 Å². The highest BCUT2D eigenvalue weighted by Gasteiger charge is 2.54. The molecule has 2 aliphatic rings. The summed E-state index contributed by atoms with van der Waals surface area (Å²) in [5, 5.41) is 10.3. The van der Waals surface area contributed by atoms with E-state index in [9.17, 15) is 14.7 Å². The molecule has 6 heteroatoms. The molecular formula is C19H23ClN2O3. The Bertz CT molecular complexity index is 708. The van der Waals surface area contributed by atoms with Gasteiger partial charge in [0.2, 0.25) is 0 Å². The largest absolute Gasteiger partial charge is 0.465 e. The van der Waals surface area contributed by atoms with Crippen LogP contribution >= 0.6 is 11.6 Å². The molecule has 1 N–H and O–H groups in total. The lowest BCUT2D eigenvalue weighted by Gasteiger charge is -2.52. The van der Waals surface area contributed by atoms with Gasteiger partial charge in [0.05, 0.1) is 0 Å². The molecule has 1 amide bonds. The zero-order valence-corrected chi connectivity index (χ0v) is 15.3. The summed E-state index contributed by atoms with van der Waals surface area (Å²) >= 11 is 6.01. The Balaban J connectivity index is 2.05. The molecule has 25 heavy (non-hydrogen) atoms. The van der Waals surface area contributed by atoms with E-state index in [2.05, 4.69) is 0 Å². The Kier molecular flexibility index (Phi) is 4.78. The number of rotatable bonds is 3. The third-order valence-corrected chi connectivity index (χ3v) is 5.60. The third kappa shape index (κ3) is 3.13. The number of piperidine rings is 1. The number of likely N-dealkylation sites (tertiary alicyclic amines) is 1. The van der Waals surface area contributed by atoms with Gasteiger partial charge in [-0.3, -0.25) is 9.69 Å². The lowest BCUT2D eigenvalue weighted by atomic mass is 9.57. The second kappa shape index (κ2) is 6.71. The first-order chi connectivity index (χ1) is 11.8. The lowest BCUT2D eigenvalue weighted by Crippen LogP contribution is -2.62. The van der Waals surface area contributed by atoms with Gasteiger partial charge >= 0.3 is 6.09 Å². The molecule has 134 valence electrons. The second-order valence-corrected chi connectivity index (χ2v) is 7.56. The SMILES string of the molecule is CN(C)C=C1CCN(C(=O)O)C(C2(c3ccc(Cl)cc3)CCC2)C1=O. The van der Waals surface area contributed by atoms with Crippen LogP contribution in [-0.4, -0.2) is 53.5 Å². The van der Waals surface area contributed by atoms with Crippen molar-refractivity contribution in [3.05, 3.63) is 46.6 Å². The molecule has 0 bridgehead atoms. The standard InChI is InChI=1S/C19H23ClN2O3/c1-21(2)12-13-8-11-22(18(24)25)17(16(13)23)19(9-3-10-19)14-4-6-15(20)7-5-14/h4-7,12,17H,3,8-11H2,1-2H3,(H,24,25). The lowest BCUT2D eigenvalue weighted by molar-refractivity contribution is -0.126. The molecule has 1 heterocycles. The number of ketones is 1. The molecule has 1 aliphatic heterocycles. The fraction of sp³-hybridized carbons (Fsp3) is 0.474. The highest BCUT2D eigenvalue weighted by molar-refractivity contribution is 6.30. The minimum atomic E-state index is -1.03. The van der Waals surface area contributed by atoms with Crippen molar-refractivity contribution in [3.8, 4) is 0 Å². The maximum absolute atomic E-state index is 13.2. The monoisotopic (exact) mass is 362 g/mol. The summed E-state index contributed by atoms with van der Waals surface area (Å²) in [6, 6.07) is 6.81. The molecule has 5 nitrogen and oxygen atoms in total. The summed E-state index contributed by atoms with van der Waals surface area (Å²) in [6.45, 7) is 0.348. The van der Waals surface area contributed by atoms with E-state index in [1.165, 1.54) is 4.90 Å². The van der Waals surface area contributed by atoms with Gasteiger partial charge in [-0.25, -0.2) is 4.79 Å². The summed E-state index contributed by atoms with van der Waals surface area (Å²) in [4.78, 5) is 28.2. The van der Waals surface area contributed by atoms with E-state index in [0.717, 1.165) is 24.8 Å². The van der Waals surface area contributed by atoms with Gasteiger partial charge < -0.3 is 10.0 Å². The van der Waals surface area contributed by atoms with Crippen molar-refractivity contribution in [3.63, 3.8) is 0 Å². The normalized spacial score (nSPS) is 24.1. The zero-order valence-electron chi connectivity index (χ0n) is 14.5. The Morgan fingerprint density at radius 3 is 2.44 bits per heavy atom. The predicted molar refractivity (Wildman–Crippen MR) is 96.9 cm³/mol. The molecule has 0 spiro atoms. The van der Waals surface area contributed by atoms with Crippen LogP contribution in [0.25, 0.3) is 0 Å². The Morgan fingerprint density at radius 2 is 1.96 bits per heavy atom. The highest BCUT2D eigenvalue weighted by atomic mass is 35.5. The van der Waals surface area contributed by atoms with Crippen molar-refractivity contribution < 1.29 is 14.7 Å². The van der Waals surface area contributed by atoms with Gasteiger partial charge in [0, 0.05) is 42.9 Å². The molecule has 0 aromatic heterocycles. The van der Waals surface area contributed by atoms with E-state index in [0.29, 0.717) is 23.6 Å². The van der Waals surface area contributed by atoms with Crippen LogP contribution in [0, 0.1) is 0 Å². The number of nitrogens with zero attached hydrogens (tertiary/aromatic N) is 2. The van der Waals surface area contributed by atoms with E-state index in [-0.39, 0.29) is 5.78 Å². The molecule has 2 fully saturated rings. The van der Waals surface area contributed by atoms with Crippen molar-refractivity contribution in [1.82, 2.24) is 9.80 Å². The first-order valence-corrected chi connectivity index (χ1v) is 8.90. The van der Waals surface area contributed by atoms with Gasteiger partial charge in [-0.1, -0.05) is 30.2 Å². The fourth-order valence-electron chi connectivity index (χ4n) is 4.06. The van der Waals surface area contributed by atoms with Gasteiger partial charge in [0.1, 0.15) is 6.04 Å². The minimum absolute atomic E-state index is 0.0722. The van der Waals surface area contributed by atoms with E-state index in [1.54, 1.807) is 0 Å². The number of Topliss-reactive ketones (excluding diaryl/α,β-unsaturated/α-hetero) is 1. The quantitative estimate of drug-likeness (QED) is 0.835. The summed E-state index contributed by atoms with van der Waals surface area (Å²) in [5.41, 5.74) is 1.25. The molecule has 1 saturated heterocycles. The average Bonchev–Trinajstić information content (AvgIpc) is 2.50. The van der Waals surface area contributed by atoms with E-state index in [4.69, 9.17) is 11.6 Å². The third-order valence-electron chi connectivity index (χ3n) is 5.35. The van der Waals surface area contributed by atoms with Crippen molar-refractivity contribution in [2.24, 2.45) is 0 Å². The van der Waals surface area contributed by atoms with Gasteiger partial charge in [-0.2, -0.15) is 0 Å². The minimum Gasteiger partial charge on any atom is -0.465 e. The van der Waals surface area contributed by atoms with Crippen molar-refractivity contribution in [2.45, 2.75) is 37.1 Å². The number of carbonyl (C=O) groups excluding carboxylic acids is 1. The Morgan fingerprint density at radius 1 is 1.32 bits per heavy atom. The number of hydrogen-bond acceptors (Lipinski definition) is 3. The molecule has 1 aromatic carbocycles. The fourth-order valence-corrected chi connectivity index (χ4v) is 4.19. The second-order valence-electron chi connectivity index (χ2n) is 7.13. The van der Waals surface area contributed by atoms with Crippen molar-refractivity contribution in [1.29, 1.82) is 0 Å². The zero-order chi connectivity index (χ0) is 18.2. The van der Waals surface area contributed by atoms with Gasteiger partial charge in [-0.15, -0.1) is 0 Å². The Hall–Kier alpha value is -2.01. The number of benzene rings is 1. The van der Waals surface area contributed by atoms with Crippen molar-refractivity contribution >= 4 is 23.5 Å². The van der Waals surface area contributed by atoms with Crippen LogP contribution in [0.4, 0.5) is 4.79 Å². The van der Waals surface area contributed by atoms with Crippen molar-refractivity contribution in [2.75, 3.05) is 20.6 Å². The Labute approximate surface area is 152 Å². The molecule has 1 unspecified atom stereocenters. The number of hydrogen-bond donors (Lipinski definition) is 1. The number of halogens is 1. The topological polar surface area (TPSA) is 60.9 Å². The number of carbonyl (C=O) groups is 2. The molecule has 3 rings (SSSR count). The van der Waals surface area contributed by atoms with Crippen LogP contribution in [0.15, 0.2) is 36.0 Å². The highest BCUT2D eigenvalue weighted by Crippen LogP contribution is 2.50. The number of amides is 1. The van der Waals surface area contributed by atoms with Crippen LogP contribution < -0.4 is 0 Å².